The predicted octanol–water partition coefficient (Wildman–Crippen LogP) is 4.10. The number of nitro groups is 1. The van der Waals surface area contributed by atoms with Gasteiger partial charge in [-0.2, -0.15) is 0 Å². The van der Waals surface area contributed by atoms with Gasteiger partial charge in [0.2, 0.25) is 0 Å². The van der Waals surface area contributed by atoms with Gasteiger partial charge in [0.1, 0.15) is 17.1 Å². The molecule has 0 aliphatic carbocycles. The maximum Gasteiger partial charge on any atom is 0.310 e. The summed E-state index contributed by atoms with van der Waals surface area (Å²) >= 11 is 0. The summed E-state index contributed by atoms with van der Waals surface area (Å²) in [6.45, 7) is 7.32. The van der Waals surface area contributed by atoms with Crippen LogP contribution in [-0.4, -0.2) is 48.7 Å². The van der Waals surface area contributed by atoms with Gasteiger partial charge in [0.25, 0.3) is 11.6 Å². The van der Waals surface area contributed by atoms with Gasteiger partial charge in [0.15, 0.2) is 0 Å². The number of benzene rings is 2. The molecular weight excluding hydrogens is 445 g/mol. The molecule has 0 bridgehead atoms. The SMILES string of the molecule is CC(C)(C)OC(=O)Cc1cc(F)ccc1NC(=O)c1ccc(N2CCCOCC2)c([N+](=O)[O-])c1. The molecule has 0 atom stereocenters. The summed E-state index contributed by atoms with van der Waals surface area (Å²) in [5.41, 5.74) is 0.0247. The Morgan fingerprint density at radius 3 is 2.65 bits per heavy atom. The molecule has 10 heteroatoms. The van der Waals surface area contributed by atoms with Crippen molar-refractivity contribution in [1.82, 2.24) is 0 Å². The summed E-state index contributed by atoms with van der Waals surface area (Å²) in [5, 5.41) is 14.4. The maximum absolute atomic E-state index is 13.8. The standard InChI is InChI=1S/C24H28FN3O6/c1-24(2,3)34-22(29)15-17-13-18(25)6-7-19(17)26-23(30)16-5-8-20(21(14-16)28(31)32)27-9-4-11-33-12-10-27/h5-8,13-14H,4,9-12,15H2,1-3H3,(H,26,30). The van der Waals surface area contributed by atoms with Crippen LogP contribution in [0.5, 0.6) is 0 Å². The Kier molecular flexibility index (Phi) is 7.83. The number of ether oxygens (including phenoxy) is 2. The van der Waals surface area contributed by atoms with E-state index in [4.69, 9.17) is 9.47 Å². The fourth-order valence-electron chi connectivity index (χ4n) is 3.62. The van der Waals surface area contributed by atoms with Gasteiger partial charge in [-0.1, -0.05) is 0 Å². The van der Waals surface area contributed by atoms with Crippen molar-refractivity contribution in [2.75, 3.05) is 36.5 Å². The molecule has 1 aliphatic rings. The Labute approximate surface area is 197 Å². The lowest BCUT2D eigenvalue weighted by Gasteiger charge is -2.22. The van der Waals surface area contributed by atoms with Crippen LogP contribution in [0, 0.1) is 15.9 Å². The number of halogens is 1. The summed E-state index contributed by atoms with van der Waals surface area (Å²) in [5.74, 6) is -1.76. The minimum Gasteiger partial charge on any atom is -0.460 e. The molecule has 0 spiro atoms. The van der Waals surface area contributed by atoms with Gasteiger partial charge in [-0.15, -0.1) is 0 Å². The summed E-state index contributed by atoms with van der Waals surface area (Å²) in [7, 11) is 0. The van der Waals surface area contributed by atoms with Gasteiger partial charge >= 0.3 is 5.97 Å². The number of nitrogens with zero attached hydrogens (tertiary/aromatic N) is 2. The van der Waals surface area contributed by atoms with E-state index in [2.05, 4.69) is 5.32 Å². The minimum atomic E-state index is -0.714. The first kappa shape index (κ1) is 25.1. The Morgan fingerprint density at radius 2 is 1.94 bits per heavy atom. The normalized spacial score (nSPS) is 14.3. The van der Waals surface area contributed by atoms with E-state index >= 15 is 0 Å². The number of carbonyl (C=O) groups excluding carboxylic acids is 2. The number of esters is 1. The summed E-state index contributed by atoms with van der Waals surface area (Å²) < 4.78 is 24.5. The molecule has 0 radical (unpaired) electrons. The molecule has 1 saturated heterocycles. The number of nitro benzene ring substituents is 1. The highest BCUT2D eigenvalue weighted by Crippen LogP contribution is 2.30. The number of hydrogen-bond acceptors (Lipinski definition) is 7. The summed E-state index contributed by atoms with van der Waals surface area (Å²) in [6.07, 6.45) is 0.491. The van der Waals surface area contributed by atoms with Gasteiger partial charge in [-0.25, -0.2) is 4.39 Å². The van der Waals surface area contributed by atoms with E-state index in [-0.39, 0.29) is 28.9 Å². The predicted molar refractivity (Wildman–Crippen MR) is 125 cm³/mol. The second kappa shape index (κ2) is 10.6. The van der Waals surface area contributed by atoms with Crippen molar-refractivity contribution < 1.29 is 28.4 Å². The first-order chi connectivity index (χ1) is 16.0. The van der Waals surface area contributed by atoms with Crippen LogP contribution in [0.4, 0.5) is 21.5 Å². The lowest BCUT2D eigenvalue weighted by atomic mass is 10.1. The third-order valence-corrected chi connectivity index (χ3v) is 5.07. The third-order valence-electron chi connectivity index (χ3n) is 5.07. The van der Waals surface area contributed by atoms with E-state index in [0.29, 0.717) is 32.0 Å². The van der Waals surface area contributed by atoms with Crippen molar-refractivity contribution in [3.05, 3.63) is 63.5 Å². The maximum atomic E-state index is 13.8. The lowest BCUT2D eigenvalue weighted by molar-refractivity contribution is -0.384. The van der Waals surface area contributed by atoms with Crippen molar-refractivity contribution in [1.29, 1.82) is 0 Å². The molecule has 1 N–H and O–H groups in total. The zero-order chi connectivity index (χ0) is 24.9. The topological polar surface area (TPSA) is 111 Å². The van der Waals surface area contributed by atoms with Gasteiger partial charge in [-0.05, 0) is 63.1 Å². The number of nitrogens with one attached hydrogen (secondary N) is 1. The molecule has 9 nitrogen and oxygen atoms in total. The average Bonchev–Trinajstić information content (AvgIpc) is 3.03. The van der Waals surface area contributed by atoms with E-state index in [1.807, 2.05) is 4.90 Å². The van der Waals surface area contributed by atoms with E-state index in [1.54, 1.807) is 26.8 Å². The first-order valence-corrected chi connectivity index (χ1v) is 11.0. The van der Waals surface area contributed by atoms with Crippen molar-refractivity contribution >= 4 is 28.9 Å². The lowest BCUT2D eigenvalue weighted by Crippen LogP contribution is -2.27. The molecule has 0 unspecified atom stereocenters. The molecule has 182 valence electrons. The van der Waals surface area contributed by atoms with E-state index in [0.717, 1.165) is 18.6 Å². The van der Waals surface area contributed by atoms with Crippen LogP contribution >= 0.6 is 0 Å². The van der Waals surface area contributed by atoms with Gasteiger partial charge < -0.3 is 19.7 Å². The third kappa shape index (κ3) is 6.74. The molecule has 3 rings (SSSR count). The number of anilines is 2. The zero-order valence-electron chi connectivity index (χ0n) is 19.4. The second-order valence-corrected chi connectivity index (χ2v) is 8.93. The van der Waals surface area contributed by atoms with Gasteiger partial charge in [-0.3, -0.25) is 19.7 Å². The van der Waals surface area contributed by atoms with Crippen molar-refractivity contribution in [3.63, 3.8) is 0 Å². The molecule has 2 aromatic rings. The Bertz CT molecular complexity index is 1070. The van der Waals surface area contributed by atoms with Crippen molar-refractivity contribution in [2.24, 2.45) is 0 Å². The smallest absolute Gasteiger partial charge is 0.310 e. The summed E-state index contributed by atoms with van der Waals surface area (Å²) in [6, 6.07) is 7.90. The fraction of sp³-hybridized carbons (Fsp3) is 0.417. The number of rotatable bonds is 6. The Morgan fingerprint density at radius 1 is 1.18 bits per heavy atom. The van der Waals surface area contributed by atoms with E-state index < -0.39 is 28.2 Å². The molecule has 1 amide bonds. The van der Waals surface area contributed by atoms with Crippen LogP contribution in [0.15, 0.2) is 36.4 Å². The Balaban J connectivity index is 1.83. The molecular formula is C24H28FN3O6. The number of amides is 1. The molecule has 34 heavy (non-hydrogen) atoms. The zero-order valence-corrected chi connectivity index (χ0v) is 19.4. The van der Waals surface area contributed by atoms with Crippen LogP contribution in [0.3, 0.4) is 0 Å². The highest BCUT2D eigenvalue weighted by atomic mass is 19.1. The van der Waals surface area contributed by atoms with Crippen LogP contribution in [0.2, 0.25) is 0 Å². The van der Waals surface area contributed by atoms with Gasteiger partial charge in [0.05, 0.1) is 18.0 Å². The molecule has 1 heterocycles. The minimum absolute atomic E-state index is 0.0639. The molecule has 2 aromatic carbocycles. The largest absolute Gasteiger partial charge is 0.460 e. The van der Waals surface area contributed by atoms with Crippen LogP contribution in [0.25, 0.3) is 0 Å². The highest BCUT2D eigenvalue weighted by molar-refractivity contribution is 6.05. The van der Waals surface area contributed by atoms with E-state index in [9.17, 15) is 24.1 Å². The molecule has 0 saturated carbocycles. The van der Waals surface area contributed by atoms with Crippen LogP contribution in [-0.2, 0) is 20.7 Å². The van der Waals surface area contributed by atoms with Crippen LogP contribution < -0.4 is 10.2 Å². The monoisotopic (exact) mass is 473 g/mol. The summed E-state index contributed by atoms with van der Waals surface area (Å²) in [4.78, 5) is 38.2. The highest BCUT2D eigenvalue weighted by Gasteiger charge is 2.24. The fourth-order valence-corrected chi connectivity index (χ4v) is 3.62. The average molecular weight is 474 g/mol. The van der Waals surface area contributed by atoms with E-state index in [1.165, 1.54) is 18.2 Å². The van der Waals surface area contributed by atoms with Gasteiger partial charge in [0, 0.05) is 37.0 Å². The quantitative estimate of drug-likeness (QED) is 0.382. The first-order valence-electron chi connectivity index (χ1n) is 11.0. The molecule has 1 fully saturated rings. The van der Waals surface area contributed by atoms with Crippen LogP contribution in [0.1, 0.15) is 43.1 Å². The Hall–Kier alpha value is -3.53. The molecule has 0 aromatic heterocycles. The van der Waals surface area contributed by atoms with Crippen molar-refractivity contribution in [3.8, 4) is 0 Å². The second-order valence-electron chi connectivity index (χ2n) is 8.93. The van der Waals surface area contributed by atoms with Crippen molar-refractivity contribution in [2.45, 2.75) is 39.2 Å². The molecule has 1 aliphatic heterocycles. The number of carbonyl (C=O) groups is 2. The number of hydrogen-bond donors (Lipinski definition) is 1.